The average Bonchev–Trinajstić information content (AvgIpc) is 3.43. The number of halogens is 8. The van der Waals surface area contributed by atoms with E-state index in [-0.39, 0.29) is 43.7 Å². The number of ether oxygens (including phenoxy) is 2. The number of rotatable bonds is 12. The molecule has 0 aliphatic heterocycles. The fourth-order valence-electron chi connectivity index (χ4n) is 3.20. The molecule has 1 atom stereocenters. The van der Waals surface area contributed by atoms with E-state index in [0.717, 1.165) is 12.1 Å². The number of nitriles is 1. The first kappa shape index (κ1) is 39.4. The summed E-state index contributed by atoms with van der Waals surface area (Å²) >= 11 is 0.271. The molecule has 24 heteroatoms. The van der Waals surface area contributed by atoms with Gasteiger partial charge in [-0.3, -0.25) is 4.57 Å². The zero-order valence-electron chi connectivity index (χ0n) is 23.2. The van der Waals surface area contributed by atoms with Crippen molar-refractivity contribution in [2.24, 2.45) is 0 Å². The van der Waals surface area contributed by atoms with E-state index in [0.29, 0.717) is 6.07 Å². The van der Waals surface area contributed by atoms with Crippen molar-refractivity contribution in [2.75, 3.05) is 32.6 Å². The van der Waals surface area contributed by atoms with Crippen molar-refractivity contribution in [3.63, 3.8) is 0 Å². The fraction of sp³-hybridized carbons (Fsp3) is 0.304. The minimum Gasteiger partial charge on any atom is -0.768 e. The standard InChI is InChI=1S/C21H20F5N4O7PS2.C2HF3O2/c22-16-13-8-15(39-20(13)17(23)19(36-6-4-28)18(16)35-5-3-27)40(33,34)30-10-38(31,32)37-12-2-1-11(9-29)14(7-12)21(24,25)26;3-2(4,5)1(6)7/h1-2,7-8,30H,3-6,10,27-28H2,(H,31,32);(H,6,7). The van der Waals surface area contributed by atoms with Crippen molar-refractivity contribution in [3.05, 3.63) is 47.0 Å². The number of aliphatic carboxylic acids is 1. The number of carboxylic acids is 1. The van der Waals surface area contributed by atoms with E-state index in [1.807, 2.05) is 0 Å². The van der Waals surface area contributed by atoms with Gasteiger partial charge in [-0.05, 0) is 24.3 Å². The number of alkyl halides is 6. The van der Waals surface area contributed by atoms with Gasteiger partial charge < -0.3 is 40.3 Å². The second kappa shape index (κ2) is 15.4. The van der Waals surface area contributed by atoms with Crippen molar-refractivity contribution >= 4 is 45.0 Å². The second-order valence-electron chi connectivity index (χ2n) is 8.61. The molecule has 260 valence electrons. The summed E-state index contributed by atoms with van der Waals surface area (Å²) in [6, 6.07) is 3.82. The first-order valence-electron chi connectivity index (χ1n) is 12.3. The zero-order chi connectivity index (χ0) is 36.0. The van der Waals surface area contributed by atoms with E-state index < -0.39 is 96.5 Å². The Balaban J connectivity index is 0.000000984. The third kappa shape index (κ3) is 10.4. The number of carboxylic acid groups (broad SMARTS) is 1. The van der Waals surface area contributed by atoms with Crippen LogP contribution in [0.2, 0.25) is 0 Å². The molecule has 0 saturated carbocycles. The molecule has 0 saturated heterocycles. The Kier molecular flexibility index (Phi) is 12.9. The summed E-state index contributed by atoms with van der Waals surface area (Å²) in [5, 5.41) is 17.1. The highest BCUT2D eigenvalue weighted by Gasteiger charge is 2.35. The lowest BCUT2D eigenvalue weighted by atomic mass is 10.1. The van der Waals surface area contributed by atoms with Crippen molar-refractivity contribution in [1.29, 1.82) is 5.26 Å². The van der Waals surface area contributed by atoms with Crippen LogP contribution in [0.25, 0.3) is 10.1 Å². The monoisotopic (exact) mass is 744 g/mol. The zero-order valence-corrected chi connectivity index (χ0v) is 25.7. The number of nitrogens with zero attached hydrogens (tertiary/aromatic N) is 1. The molecule has 7 N–H and O–H groups in total. The van der Waals surface area contributed by atoms with Crippen LogP contribution in [0.1, 0.15) is 11.1 Å². The van der Waals surface area contributed by atoms with E-state index in [9.17, 15) is 44.2 Å². The molecule has 13 nitrogen and oxygen atoms in total. The van der Waals surface area contributed by atoms with Gasteiger partial charge in [0.15, 0.2) is 19.2 Å². The topological polar surface area (TPSA) is 233 Å². The molecule has 0 amide bonds. The molecule has 47 heavy (non-hydrogen) atoms. The minimum absolute atomic E-state index is 0.108. The van der Waals surface area contributed by atoms with Crippen LogP contribution < -0.4 is 40.2 Å². The first-order chi connectivity index (χ1) is 21.6. The summed E-state index contributed by atoms with van der Waals surface area (Å²) in [7, 11) is -9.93. The van der Waals surface area contributed by atoms with Gasteiger partial charge in [-0.25, -0.2) is 21.9 Å². The Hall–Kier alpha value is -3.78. The lowest BCUT2D eigenvalue weighted by molar-refractivity contribution is -0.372. The normalized spacial score (nSPS) is 13.2. The molecule has 0 spiro atoms. The number of carbonyl (C=O) groups excluding carboxylic acids is 1. The van der Waals surface area contributed by atoms with Crippen LogP contribution >= 0.6 is 18.9 Å². The Morgan fingerprint density at radius 1 is 1.02 bits per heavy atom. The molecule has 0 fully saturated rings. The maximum absolute atomic E-state index is 15.2. The number of quaternary nitrogens is 2. The van der Waals surface area contributed by atoms with Gasteiger partial charge in [0.05, 0.1) is 28.2 Å². The number of hydrogen-bond acceptors (Lipinski definition) is 11. The lowest BCUT2D eigenvalue weighted by Crippen LogP contribution is -2.53. The highest BCUT2D eigenvalue weighted by Crippen LogP contribution is 2.45. The van der Waals surface area contributed by atoms with Crippen molar-refractivity contribution in [1.82, 2.24) is 4.72 Å². The molecule has 0 bridgehead atoms. The summed E-state index contributed by atoms with van der Waals surface area (Å²) in [5.74, 6) is -7.27. The molecule has 0 aliphatic carbocycles. The Morgan fingerprint density at radius 2 is 1.55 bits per heavy atom. The number of benzene rings is 2. The largest absolute Gasteiger partial charge is 0.768 e. The van der Waals surface area contributed by atoms with Crippen LogP contribution in [0, 0.1) is 23.0 Å². The maximum atomic E-state index is 15.2. The van der Waals surface area contributed by atoms with Crippen LogP contribution in [-0.2, 0) is 25.6 Å². The van der Waals surface area contributed by atoms with Crippen molar-refractivity contribution in [2.45, 2.75) is 16.6 Å². The number of thiophene rings is 1. The molecule has 1 aromatic heterocycles. The highest BCUT2D eigenvalue weighted by atomic mass is 32.2. The third-order valence-corrected chi connectivity index (χ3v) is 9.39. The molecular formula is C23H21F8N4O9PS2. The molecule has 0 radical (unpaired) electrons. The van der Waals surface area contributed by atoms with Gasteiger partial charge in [-0.15, -0.1) is 11.3 Å². The number of hydrogen-bond donors (Lipinski definition) is 3. The summed E-state index contributed by atoms with van der Waals surface area (Å²) in [6.45, 7) is 0.169. The SMILES string of the molecule is N#Cc1ccc(OP(=O)([O-])CNS(=O)(=O)c2cc3c(F)c(OCC[NH3+])c(OCC[NH3+])c(F)c3s2)cc1C(F)(F)F.O=C([O-])C(F)(F)F. The number of fused-ring (bicyclic) bond motifs is 1. The Bertz CT molecular complexity index is 1760. The molecule has 3 aromatic rings. The van der Waals surface area contributed by atoms with Gasteiger partial charge in [0, 0.05) is 5.39 Å². The lowest BCUT2D eigenvalue weighted by Gasteiger charge is -2.24. The van der Waals surface area contributed by atoms with E-state index in [2.05, 4.69) is 16.0 Å². The quantitative estimate of drug-likeness (QED) is 0.171. The van der Waals surface area contributed by atoms with E-state index in [4.69, 9.17) is 24.6 Å². The molecular weight excluding hydrogens is 723 g/mol. The predicted octanol–water partition coefficient (Wildman–Crippen LogP) is 0.478. The van der Waals surface area contributed by atoms with Gasteiger partial charge in [-0.2, -0.15) is 31.6 Å². The molecule has 1 unspecified atom stereocenters. The third-order valence-electron chi connectivity index (χ3n) is 5.14. The Morgan fingerprint density at radius 3 is 2.02 bits per heavy atom. The van der Waals surface area contributed by atoms with E-state index in [1.165, 1.54) is 6.07 Å². The van der Waals surface area contributed by atoms with Crippen LogP contribution in [-0.4, -0.2) is 53.2 Å². The molecule has 0 aliphatic rings. The maximum Gasteiger partial charge on any atom is 0.430 e. The van der Waals surface area contributed by atoms with Crippen molar-refractivity contribution in [3.8, 4) is 23.3 Å². The Labute approximate surface area is 262 Å². The second-order valence-corrected chi connectivity index (χ2v) is 13.4. The van der Waals surface area contributed by atoms with Crippen LogP contribution in [0.4, 0.5) is 35.1 Å². The van der Waals surface area contributed by atoms with E-state index >= 15 is 8.78 Å². The van der Waals surface area contributed by atoms with Crippen LogP contribution in [0.5, 0.6) is 17.2 Å². The first-order valence-corrected chi connectivity index (χ1v) is 16.3. The summed E-state index contributed by atoms with van der Waals surface area (Å²) in [5.41, 5.74) is 4.82. The van der Waals surface area contributed by atoms with Crippen molar-refractivity contribution < 1.29 is 88.4 Å². The smallest absolute Gasteiger partial charge is 0.430 e. The van der Waals surface area contributed by atoms with Crippen LogP contribution in [0.15, 0.2) is 28.5 Å². The summed E-state index contributed by atoms with van der Waals surface area (Å²) in [4.78, 5) is 21.1. The molecule has 1 heterocycles. The number of sulfonamides is 1. The highest BCUT2D eigenvalue weighted by molar-refractivity contribution is 7.92. The van der Waals surface area contributed by atoms with Crippen LogP contribution in [0.3, 0.4) is 0 Å². The average molecular weight is 745 g/mol. The van der Waals surface area contributed by atoms with Gasteiger partial charge in [0.1, 0.15) is 42.2 Å². The molecule has 2 aromatic carbocycles. The molecule has 3 rings (SSSR count). The van der Waals surface area contributed by atoms with Gasteiger partial charge in [0.25, 0.3) is 10.0 Å². The van der Waals surface area contributed by atoms with Gasteiger partial charge >= 0.3 is 12.4 Å². The number of carbonyl (C=O) groups is 1. The van der Waals surface area contributed by atoms with E-state index in [1.54, 1.807) is 4.72 Å². The van der Waals surface area contributed by atoms with Gasteiger partial charge in [-0.1, -0.05) is 0 Å². The fourth-order valence-corrected chi connectivity index (χ4v) is 7.11. The minimum atomic E-state index is -5.21. The summed E-state index contributed by atoms with van der Waals surface area (Å²) < 4.78 is 155. The predicted molar refractivity (Wildman–Crippen MR) is 139 cm³/mol. The summed E-state index contributed by atoms with van der Waals surface area (Å²) in [6.07, 6.45) is -11.6. The number of nitrogens with one attached hydrogen (secondary N) is 1. The van der Waals surface area contributed by atoms with Gasteiger partial charge in [0.2, 0.25) is 11.5 Å².